The predicted molar refractivity (Wildman–Crippen MR) is 56.3 cm³/mol. The lowest BCUT2D eigenvalue weighted by atomic mass is 10.3. The molecule has 7 nitrogen and oxygen atoms in total. The number of ether oxygens (including phenoxy) is 1. The first-order chi connectivity index (χ1) is 7.56. The van der Waals surface area contributed by atoms with E-state index in [1.165, 1.54) is 10.8 Å². The summed E-state index contributed by atoms with van der Waals surface area (Å²) in [7, 11) is 1.55. The highest BCUT2D eigenvalue weighted by atomic mass is 16.5. The Labute approximate surface area is 90.8 Å². The summed E-state index contributed by atoms with van der Waals surface area (Å²) in [5.41, 5.74) is 3.44. The van der Waals surface area contributed by atoms with Gasteiger partial charge in [0, 0.05) is 26.5 Å². The van der Waals surface area contributed by atoms with Crippen molar-refractivity contribution in [2.45, 2.75) is 13.0 Å². The Morgan fingerprint density at radius 1 is 1.56 bits per heavy atom. The van der Waals surface area contributed by atoms with Crippen LogP contribution in [0.25, 0.3) is 0 Å². The van der Waals surface area contributed by atoms with E-state index in [2.05, 4.69) is 0 Å². The maximum atomic E-state index is 11.3. The number of rotatable bonds is 5. The van der Waals surface area contributed by atoms with E-state index < -0.39 is 17.2 Å². The quantitative estimate of drug-likeness (QED) is 0.608. The topological polar surface area (TPSA) is 107 Å². The van der Waals surface area contributed by atoms with Crippen molar-refractivity contribution in [3.8, 4) is 0 Å². The van der Waals surface area contributed by atoms with Crippen molar-refractivity contribution in [3.63, 3.8) is 0 Å². The number of carbonyl (C=O) groups is 1. The number of hydrogen-bond acceptors (Lipinski definition) is 4. The summed E-state index contributed by atoms with van der Waals surface area (Å²) >= 11 is 0. The van der Waals surface area contributed by atoms with Gasteiger partial charge in [-0.15, -0.1) is 0 Å². The SMILES string of the molecule is COCCCn1cc(C(N)=O)c(=O)[nH]c1=O. The highest BCUT2D eigenvalue weighted by Crippen LogP contribution is 1.90. The number of amides is 1. The molecule has 0 spiro atoms. The average Bonchev–Trinajstić information content (AvgIpc) is 2.21. The highest BCUT2D eigenvalue weighted by Gasteiger charge is 2.09. The summed E-state index contributed by atoms with van der Waals surface area (Å²) in [6.07, 6.45) is 1.76. The molecule has 1 rings (SSSR count). The molecule has 0 radical (unpaired) electrons. The Morgan fingerprint density at radius 3 is 2.81 bits per heavy atom. The van der Waals surface area contributed by atoms with Gasteiger partial charge in [0.15, 0.2) is 0 Å². The van der Waals surface area contributed by atoms with E-state index in [1.807, 2.05) is 4.98 Å². The molecule has 0 saturated carbocycles. The molecule has 0 atom stereocenters. The fourth-order valence-corrected chi connectivity index (χ4v) is 1.23. The van der Waals surface area contributed by atoms with E-state index in [0.29, 0.717) is 19.6 Å². The molecule has 0 aromatic carbocycles. The van der Waals surface area contributed by atoms with E-state index in [4.69, 9.17) is 10.5 Å². The van der Waals surface area contributed by atoms with Gasteiger partial charge in [0.1, 0.15) is 5.56 Å². The van der Waals surface area contributed by atoms with E-state index in [-0.39, 0.29) is 5.56 Å². The van der Waals surface area contributed by atoms with Crippen molar-refractivity contribution < 1.29 is 9.53 Å². The number of nitrogens with one attached hydrogen (secondary N) is 1. The van der Waals surface area contributed by atoms with Crippen molar-refractivity contribution in [1.82, 2.24) is 9.55 Å². The van der Waals surface area contributed by atoms with Gasteiger partial charge in [0.05, 0.1) is 0 Å². The maximum Gasteiger partial charge on any atom is 0.328 e. The third-order valence-electron chi connectivity index (χ3n) is 2.02. The summed E-state index contributed by atoms with van der Waals surface area (Å²) in [5.74, 6) is -0.859. The Morgan fingerprint density at radius 2 is 2.25 bits per heavy atom. The number of primary amides is 1. The predicted octanol–water partition coefficient (Wildman–Crippen LogP) is -1.33. The number of aromatic nitrogens is 2. The summed E-state index contributed by atoms with van der Waals surface area (Å²) < 4.78 is 6.05. The smallest absolute Gasteiger partial charge is 0.328 e. The Balaban J connectivity index is 3.01. The van der Waals surface area contributed by atoms with Gasteiger partial charge in [0.2, 0.25) is 0 Å². The van der Waals surface area contributed by atoms with Gasteiger partial charge in [-0.2, -0.15) is 0 Å². The monoisotopic (exact) mass is 227 g/mol. The van der Waals surface area contributed by atoms with Crippen LogP contribution in [0.3, 0.4) is 0 Å². The molecular weight excluding hydrogens is 214 g/mol. The lowest BCUT2D eigenvalue weighted by Crippen LogP contribution is -2.35. The van der Waals surface area contributed by atoms with Gasteiger partial charge < -0.3 is 10.5 Å². The number of methoxy groups -OCH3 is 1. The average molecular weight is 227 g/mol. The van der Waals surface area contributed by atoms with Crippen LogP contribution < -0.4 is 17.0 Å². The first kappa shape index (κ1) is 12.2. The molecule has 0 fully saturated rings. The maximum absolute atomic E-state index is 11.3. The first-order valence-electron chi connectivity index (χ1n) is 4.68. The fraction of sp³-hybridized carbons (Fsp3) is 0.444. The molecule has 1 amide bonds. The summed E-state index contributed by atoms with van der Waals surface area (Å²) in [6.45, 7) is 0.835. The Kier molecular flexibility index (Phi) is 4.01. The van der Waals surface area contributed by atoms with Crippen LogP contribution in [0.2, 0.25) is 0 Å². The molecule has 0 saturated heterocycles. The van der Waals surface area contributed by atoms with E-state index in [1.54, 1.807) is 7.11 Å². The van der Waals surface area contributed by atoms with Gasteiger partial charge in [-0.3, -0.25) is 19.1 Å². The molecule has 88 valence electrons. The molecule has 0 aliphatic rings. The number of nitrogens with zero attached hydrogens (tertiary/aromatic N) is 1. The van der Waals surface area contributed by atoms with Crippen molar-refractivity contribution in [3.05, 3.63) is 32.6 Å². The third kappa shape index (κ3) is 2.80. The molecule has 1 heterocycles. The third-order valence-corrected chi connectivity index (χ3v) is 2.02. The molecule has 16 heavy (non-hydrogen) atoms. The van der Waals surface area contributed by atoms with Crippen LogP contribution in [0.5, 0.6) is 0 Å². The zero-order valence-electron chi connectivity index (χ0n) is 8.86. The zero-order valence-corrected chi connectivity index (χ0v) is 8.86. The number of hydrogen-bond donors (Lipinski definition) is 2. The first-order valence-corrected chi connectivity index (χ1v) is 4.68. The Hall–Kier alpha value is -1.89. The second-order valence-corrected chi connectivity index (χ2v) is 3.21. The Bertz CT molecular complexity index is 488. The lowest BCUT2D eigenvalue weighted by Gasteiger charge is -2.05. The van der Waals surface area contributed by atoms with Crippen molar-refractivity contribution >= 4 is 5.91 Å². The number of aryl methyl sites for hydroxylation is 1. The zero-order chi connectivity index (χ0) is 12.1. The second kappa shape index (κ2) is 5.26. The molecule has 3 N–H and O–H groups in total. The molecule has 1 aromatic heterocycles. The minimum atomic E-state index is -0.859. The van der Waals surface area contributed by atoms with Crippen LogP contribution in [0, 0.1) is 0 Å². The fourth-order valence-electron chi connectivity index (χ4n) is 1.23. The molecule has 0 aliphatic carbocycles. The molecule has 0 aliphatic heterocycles. The van der Waals surface area contributed by atoms with Crippen LogP contribution >= 0.6 is 0 Å². The van der Waals surface area contributed by atoms with Crippen molar-refractivity contribution in [2.75, 3.05) is 13.7 Å². The second-order valence-electron chi connectivity index (χ2n) is 3.21. The minimum Gasteiger partial charge on any atom is -0.385 e. The van der Waals surface area contributed by atoms with Gasteiger partial charge in [-0.1, -0.05) is 0 Å². The number of nitrogens with two attached hydrogens (primary N) is 1. The summed E-state index contributed by atoms with van der Waals surface area (Å²) in [4.78, 5) is 35.4. The molecular formula is C9H13N3O4. The van der Waals surface area contributed by atoms with E-state index in [9.17, 15) is 14.4 Å². The van der Waals surface area contributed by atoms with Crippen LogP contribution in [0.15, 0.2) is 15.8 Å². The molecule has 1 aromatic rings. The standard InChI is InChI=1S/C9H13N3O4/c1-16-4-2-3-12-5-6(7(10)13)8(14)11-9(12)15/h5H,2-4H2,1H3,(H2,10,13)(H,11,14,15). The van der Waals surface area contributed by atoms with Crippen molar-refractivity contribution in [2.24, 2.45) is 5.73 Å². The molecule has 0 bridgehead atoms. The van der Waals surface area contributed by atoms with Gasteiger partial charge in [-0.25, -0.2) is 4.79 Å². The highest BCUT2D eigenvalue weighted by molar-refractivity contribution is 5.91. The van der Waals surface area contributed by atoms with Gasteiger partial charge in [0.25, 0.3) is 11.5 Å². The molecule has 0 unspecified atom stereocenters. The number of H-pyrrole nitrogens is 1. The summed E-state index contributed by atoms with van der Waals surface area (Å²) in [5, 5.41) is 0. The van der Waals surface area contributed by atoms with E-state index >= 15 is 0 Å². The van der Waals surface area contributed by atoms with Crippen LogP contribution in [0.4, 0.5) is 0 Å². The summed E-state index contributed by atoms with van der Waals surface area (Å²) in [6, 6.07) is 0. The van der Waals surface area contributed by atoms with E-state index in [0.717, 1.165) is 0 Å². The van der Waals surface area contributed by atoms with Gasteiger partial charge in [-0.05, 0) is 6.42 Å². The van der Waals surface area contributed by atoms with Gasteiger partial charge >= 0.3 is 5.69 Å². The molecule has 7 heteroatoms. The number of carbonyl (C=O) groups excluding carboxylic acids is 1. The lowest BCUT2D eigenvalue weighted by molar-refractivity contribution is 0.0997. The largest absolute Gasteiger partial charge is 0.385 e. The normalized spacial score (nSPS) is 10.3. The van der Waals surface area contributed by atoms with Crippen LogP contribution in [-0.4, -0.2) is 29.2 Å². The minimum absolute atomic E-state index is 0.225. The van der Waals surface area contributed by atoms with Crippen LogP contribution in [0.1, 0.15) is 16.8 Å². The van der Waals surface area contributed by atoms with Crippen molar-refractivity contribution in [1.29, 1.82) is 0 Å². The van der Waals surface area contributed by atoms with Crippen LogP contribution in [-0.2, 0) is 11.3 Å². The number of aromatic amines is 1.